The molecule has 0 amide bonds. The van der Waals surface area contributed by atoms with Gasteiger partial charge in [-0.05, 0) is 18.1 Å². The third-order valence-electron chi connectivity index (χ3n) is 3.28. The van der Waals surface area contributed by atoms with Gasteiger partial charge in [-0.2, -0.15) is 0 Å². The van der Waals surface area contributed by atoms with Crippen LogP contribution in [0.1, 0.15) is 17.9 Å². The van der Waals surface area contributed by atoms with Crippen LogP contribution in [0.25, 0.3) is 0 Å². The molecule has 1 aromatic rings. The zero-order valence-corrected chi connectivity index (χ0v) is 10.1. The smallest absolute Gasteiger partial charge is 0.234 e. The molecule has 1 unspecified atom stereocenters. The summed E-state index contributed by atoms with van der Waals surface area (Å²) in [6.07, 6.45) is 2.63. The van der Waals surface area contributed by atoms with Gasteiger partial charge in [0.1, 0.15) is 5.75 Å². The van der Waals surface area contributed by atoms with Crippen molar-refractivity contribution in [2.45, 2.75) is 12.3 Å². The number of carbonyl (C=O) groups excluding carboxylic acids is 1. The number of isocyanates is 1. The molecule has 0 spiro atoms. The van der Waals surface area contributed by atoms with E-state index in [2.05, 4.69) is 23.0 Å². The molecular formula is C13H16N2O2. The number of rotatable bonds is 3. The minimum absolute atomic E-state index is 0.313. The summed E-state index contributed by atoms with van der Waals surface area (Å²) < 4.78 is 5.23. The average Bonchev–Trinajstić information content (AvgIpc) is 2.38. The molecule has 1 aliphatic heterocycles. The molecule has 1 aromatic carbocycles. The Kier molecular flexibility index (Phi) is 3.45. The standard InChI is InChI=1S/C13H16N2O2/c1-15-6-5-10(8-14-9-16)12-4-3-11(17-2)7-13(12)15/h3-4,7,10H,5-6,8H2,1-2H3. The molecule has 1 aliphatic rings. The second-order valence-electron chi connectivity index (χ2n) is 4.26. The highest BCUT2D eigenvalue weighted by molar-refractivity contribution is 5.60. The van der Waals surface area contributed by atoms with E-state index < -0.39 is 0 Å². The van der Waals surface area contributed by atoms with Gasteiger partial charge in [0.25, 0.3) is 0 Å². The number of fused-ring (bicyclic) bond motifs is 1. The number of ether oxygens (including phenoxy) is 1. The Balaban J connectivity index is 2.35. The van der Waals surface area contributed by atoms with Gasteiger partial charge in [0.15, 0.2) is 0 Å². The lowest BCUT2D eigenvalue weighted by Crippen LogP contribution is -2.28. The predicted octanol–water partition coefficient (Wildman–Crippen LogP) is 1.95. The fraction of sp³-hybridized carbons (Fsp3) is 0.462. The van der Waals surface area contributed by atoms with Crippen molar-refractivity contribution in [2.75, 3.05) is 32.1 Å². The highest BCUT2D eigenvalue weighted by atomic mass is 16.5. The first-order valence-corrected chi connectivity index (χ1v) is 5.69. The van der Waals surface area contributed by atoms with Gasteiger partial charge in [0.2, 0.25) is 6.08 Å². The predicted molar refractivity (Wildman–Crippen MR) is 66.6 cm³/mol. The van der Waals surface area contributed by atoms with E-state index in [1.807, 2.05) is 12.1 Å². The van der Waals surface area contributed by atoms with Crippen molar-refractivity contribution in [2.24, 2.45) is 4.99 Å². The number of nitrogens with zero attached hydrogens (tertiary/aromatic N) is 2. The van der Waals surface area contributed by atoms with E-state index in [1.54, 1.807) is 13.2 Å². The van der Waals surface area contributed by atoms with Crippen LogP contribution in [-0.4, -0.2) is 33.3 Å². The molecule has 1 heterocycles. The van der Waals surface area contributed by atoms with Crippen LogP contribution in [0.3, 0.4) is 0 Å². The molecule has 0 aliphatic carbocycles. The summed E-state index contributed by atoms with van der Waals surface area (Å²) in [5.41, 5.74) is 2.40. The molecule has 0 fully saturated rings. The van der Waals surface area contributed by atoms with Gasteiger partial charge in [-0.3, -0.25) is 0 Å². The fourth-order valence-corrected chi connectivity index (χ4v) is 2.29. The van der Waals surface area contributed by atoms with Crippen molar-refractivity contribution >= 4 is 11.8 Å². The van der Waals surface area contributed by atoms with Gasteiger partial charge in [-0.25, -0.2) is 9.79 Å². The molecule has 2 rings (SSSR count). The van der Waals surface area contributed by atoms with Crippen molar-refractivity contribution in [1.82, 2.24) is 0 Å². The van der Waals surface area contributed by atoms with Crippen LogP contribution in [0.5, 0.6) is 5.75 Å². The first kappa shape index (κ1) is 11.7. The number of aliphatic imine (C=N–C) groups is 1. The lowest BCUT2D eigenvalue weighted by atomic mass is 9.90. The Hall–Kier alpha value is -1.80. The number of benzene rings is 1. The maximum atomic E-state index is 10.2. The van der Waals surface area contributed by atoms with E-state index in [0.717, 1.165) is 18.7 Å². The van der Waals surface area contributed by atoms with Crippen LogP contribution in [0.4, 0.5) is 5.69 Å². The lowest BCUT2D eigenvalue weighted by molar-refractivity contribution is 0.414. The third kappa shape index (κ3) is 2.32. The minimum Gasteiger partial charge on any atom is -0.497 e. The number of hydrogen-bond donors (Lipinski definition) is 0. The van der Waals surface area contributed by atoms with Gasteiger partial charge in [-0.1, -0.05) is 6.07 Å². The van der Waals surface area contributed by atoms with Crippen molar-refractivity contribution in [1.29, 1.82) is 0 Å². The van der Waals surface area contributed by atoms with E-state index in [0.29, 0.717) is 12.5 Å². The fourth-order valence-electron chi connectivity index (χ4n) is 2.29. The Bertz CT molecular complexity index is 453. The lowest BCUT2D eigenvalue weighted by Gasteiger charge is -2.32. The van der Waals surface area contributed by atoms with Crippen LogP contribution in [-0.2, 0) is 4.79 Å². The summed E-state index contributed by atoms with van der Waals surface area (Å²) in [5.74, 6) is 1.17. The molecule has 0 N–H and O–H groups in total. The maximum Gasteiger partial charge on any atom is 0.234 e. The minimum atomic E-state index is 0.313. The third-order valence-corrected chi connectivity index (χ3v) is 3.28. The zero-order valence-electron chi connectivity index (χ0n) is 10.1. The van der Waals surface area contributed by atoms with E-state index in [-0.39, 0.29) is 0 Å². The average molecular weight is 232 g/mol. The normalized spacial score (nSPS) is 18.2. The quantitative estimate of drug-likeness (QED) is 0.591. The highest BCUT2D eigenvalue weighted by Crippen LogP contribution is 2.36. The van der Waals surface area contributed by atoms with Crippen molar-refractivity contribution < 1.29 is 9.53 Å². The number of anilines is 1. The van der Waals surface area contributed by atoms with Crippen molar-refractivity contribution in [3.63, 3.8) is 0 Å². The SMILES string of the molecule is COc1ccc2c(c1)N(C)CCC2CN=C=O. The van der Waals surface area contributed by atoms with Gasteiger partial charge < -0.3 is 9.64 Å². The van der Waals surface area contributed by atoms with E-state index in [1.165, 1.54) is 11.3 Å². The van der Waals surface area contributed by atoms with E-state index in [4.69, 9.17) is 4.74 Å². The van der Waals surface area contributed by atoms with Gasteiger partial charge in [0, 0.05) is 31.3 Å². The van der Waals surface area contributed by atoms with Gasteiger partial charge in [-0.15, -0.1) is 0 Å². The van der Waals surface area contributed by atoms with Crippen molar-refractivity contribution in [3.8, 4) is 5.75 Å². The molecule has 0 saturated heterocycles. The number of methoxy groups -OCH3 is 1. The Morgan fingerprint density at radius 3 is 3.12 bits per heavy atom. The molecule has 17 heavy (non-hydrogen) atoms. The van der Waals surface area contributed by atoms with E-state index in [9.17, 15) is 4.79 Å². The van der Waals surface area contributed by atoms with E-state index >= 15 is 0 Å². The van der Waals surface area contributed by atoms with Crippen LogP contribution in [0.2, 0.25) is 0 Å². The summed E-state index contributed by atoms with van der Waals surface area (Å²) in [7, 11) is 3.73. The van der Waals surface area contributed by atoms with Crippen LogP contribution in [0, 0.1) is 0 Å². The zero-order chi connectivity index (χ0) is 12.3. The molecule has 4 nitrogen and oxygen atoms in total. The van der Waals surface area contributed by atoms with Crippen LogP contribution in [0.15, 0.2) is 23.2 Å². The van der Waals surface area contributed by atoms with Crippen LogP contribution < -0.4 is 9.64 Å². The van der Waals surface area contributed by atoms with Crippen molar-refractivity contribution in [3.05, 3.63) is 23.8 Å². The van der Waals surface area contributed by atoms with Crippen LogP contribution >= 0.6 is 0 Å². The molecule has 0 bridgehead atoms. The second kappa shape index (κ2) is 5.02. The maximum absolute atomic E-state index is 10.2. The highest BCUT2D eigenvalue weighted by Gasteiger charge is 2.23. The van der Waals surface area contributed by atoms with Gasteiger partial charge >= 0.3 is 0 Å². The molecule has 90 valence electrons. The number of hydrogen-bond acceptors (Lipinski definition) is 4. The first-order valence-electron chi connectivity index (χ1n) is 5.69. The largest absolute Gasteiger partial charge is 0.497 e. The molecular weight excluding hydrogens is 216 g/mol. The summed E-state index contributed by atoms with van der Waals surface area (Å²) in [5, 5.41) is 0. The topological polar surface area (TPSA) is 41.9 Å². The summed E-state index contributed by atoms with van der Waals surface area (Å²) in [4.78, 5) is 16.1. The summed E-state index contributed by atoms with van der Waals surface area (Å²) >= 11 is 0. The monoisotopic (exact) mass is 232 g/mol. The summed E-state index contributed by atoms with van der Waals surface area (Å²) in [6.45, 7) is 1.50. The Labute approximate surface area is 101 Å². The first-order chi connectivity index (χ1) is 8.26. The molecule has 0 radical (unpaired) electrons. The Morgan fingerprint density at radius 2 is 2.41 bits per heavy atom. The Morgan fingerprint density at radius 1 is 1.59 bits per heavy atom. The molecule has 4 heteroatoms. The molecule has 0 saturated carbocycles. The second-order valence-corrected chi connectivity index (χ2v) is 4.26. The molecule has 0 aromatic heterocycles. The summed E-state index contributed by atoms with van der Waals surface area (Å²) in [6, 6.07) is 6.05. The molecule has 1 atom stereocenters. The van der Waals surface area contributed by atoms with Gasteiger partial charge in [0.05, 0.1) is 13.7 Å².